The third-order valence-electron chi connectivity index (χ3n) is 4.04. The van der Waals surface area contributed by atoms with Crippen molar-refractivity contribution in [3.8, 4) is 0 Å². The van der Waals surface area contributed by atoms with Crippen LogP contribution in [0.5, 0.6) is 0 Å². The molecule has 2 aromatic heterocycles. The first-order valence-electron chi connectivity index (χ1n) is 7.11. The number of aryl methyl sites for hydroxylation is 3. The summed E-state index contributed by atoms with van der Waals surface area (Å²) in [5.41, 5.74) is 1.50. The molecule has 0 saturated heterocycles. The van der Waals surface area contributed by atoms with E-state index in [4.69, 9.17) is 0 Å². The third kappa shape index (κ3) is 2.22. The largest absolute Gasteiger partial charge is 0.367 e. The van der Waals surface area contributed by atoms with Gasteiger partial charge in [0, 0.05) is 10.9 Å². The molecule has 0 amide bonds. The highest BCUT2D eigenvalue weighted by Crippen LogP contribution is 2.39. The molecule has 1 atom stereocenters. The minimum absolute atomic E-state index is 0.425. The molecule has 0 aromatic carbocycles. The second-order valence-corrected chi connectivity index (χ2v) is 6.92. The molecular weight excluding hydrogens is 254 g/mol. The first-order valence-corrected chi connectivity index (χ1v) is 7.93. The summed E-state index contributed by atoms with van der Waals surface area (Å²) in [6, 6.07) is 0.425. The van der Waals surface area contributed by atoms with E-state index in [1.54, 1.807) is 0 Å². The molecule has 1 N–H and O–H groups in total. The predicted octanol–water partition coefficient (Wildman–Crippen LogP) is 3.94. The second kappa shape index (κ2) is 4.75. The van der Waals surface area contributed by atoms with Gasteiger partial charge in [0.25, 0.3) is 0 Å². The summed E-state index contributed by atoms with van der Waals surface area (Å²) in [6.45, 7) is 8.68. The molecule has 1 aliphatic rings. The van der Waals surface area contributed by atoms with Gasteiger partial charge < -0.3 is 5.32 Å². The SMILES string of the molecule is Cc1nc(NC(C)C(C)C)c2c3c(sc2n1)CCC3. The lowest BCUT2D eigenvalue weighted by molar-refractivity contribution is 0.558. The van der Waals surface area contributed by atoms with E-state index in [9.17, 15) is 0 Å². The fourth-order valence-corrected chi connectivity index (χ4v) is 3.90. The van der Waals surface area contributed by atoms with E-state index in [2.05, 4.69) is 36.1 Å². The Kier molecular flexibility index (Phi) is 3.21. The van der Waals surface area contributed by atoms with Gasteiger partial charge in [-0.2, -0.15) is 0 Å². The Labute approximate surface area is 118 Å². The van der Waals surface area contributed by atoms with E-state index in [0.29, 0.717) is 12.0 Å². The standard InChI is InChI=1S/C15H21N3S/c1-8(2)9(3)16-14-13-11-6-5-7-12(11)19-15(13)18-10(4)17-14/h8-9H,5-7H2,1-4H3,(H,16,17,18). The van der Waals surface area contributed by atoms with E-state index in [-0.39, 0.29) is 0 Å². The van der Waals surface area contributed by atoms with Gasteiger partial charge in [-0.3, -0.25) is 0 Å². The number of thiophene rings is 1. The molecule has 0 spiro atoms. The molecule has 1 unspecified atom stereocenters. The van der Waals surface area contributed by atoms with Crippen molar-refractivity contribution < 1.29 is 0 Å². The lowest BCUT2D eigenvalue weighted by Crippen LogP contribution is -2.22. The van der Waals surface area contributed by atoms with E-state index in [1.807, 2.05) is 18.3 Å². The number of aromatic nitrogens is 2. The fourth-order valence-electron chi connectivity index (χ4n) is 2.59. The van der Waals surface area contributed by atoms with Crippen molar-refractivity contribution in [2.45, 2.75) is 53.0 Å². The third-order valence-corrected chi connectivity index (χ3v) is 5.23. The van der Waals surface area contributed by atoms with Crippen LogP contribution in [0.1, 0.15) is 43.5 Å². The van der Waals surface area contributed by atoms with Crippen LogP contribution in [-0.2, 0) is 12.8 Å². The summed E-state index contributed by atoms with van der Waals surface area (Å²) in [6.07, 6.45) is 3.69. The van der Waals surface area contributed by atoms with Gasteiger partial charge in [-0.15, -0.1) is 11.3 Å². The topological polar surface area (TPSA) is 37.8 Å². The molecule has 3 rings (SSSR count). The molecule has 0 bridgehead atoms. The zero-order valence-corrected chi connectivity index (χ0v) is 12.9. The summed E-state index contributed by atoms with van der Waals surface area (Å²) in [4.78, 5) is 12.0. The van der Waals surface area contributed by atoms with Crippen molar-refractivity contribution in [3.05, 3.63) is 16.3 Å². The zero-order chi connectivity index (χ0) is 13.6. The van der Waals surface area contributed by atoms with Crippen molar-refractivity contribution in [1.29, 1.82) is 0 Å². The maximum absolute atomic E-state index is 4.66. The first kappa shape index (κ1) is 12.9. The van der Waals surface area contributed by atoms with E-state index in [1.165, 1.54) is 35.1 Å². The normalized spacial score (nSPS) is 16.1. The average Bonchev–Trinajstić information content (AvgIpc) is 2.87. The maximum Gasteiger partial charge on any atom is 0.139 e. The molecule has 19 heavy (non-hydrogen) atoms. The van der Waals surface area contributed by atoms with Crippen LogP contribution < -0.4 is 5.32 Å². The van der Waals surface area contributed by atoms with Crippen LogP contribution in [0.15, 0.2) is 0 Å². The molecule has 4 heteroatoms. The van der Waals surface area contributed by atoms with Crippen molar-refractivity contribution in [2.24, 2.45) is 5.92 Å². The van der Waals surface area contributed by atoms with Gasteiger partial charge in [0.15, 0.2) is 0 Å². The van der Waals surface area contributed by atoms with Crippen molar-refractivity contribution in [1.82, 2.24) is 9.97 Å². The highest BCUT2D eigenvalue weighted by molar-refractivity contribution is 7.19. The quantitative estimate of drug-likeness (QED) is 0.922. The maximum atomic E-state index is 4.66. The molecule has 3 nitrogen and oxygen atoms in total. The summed E-state index contributed by atoms with van der Waals surface area (Å²) in [5.74, 6) is 2.51. The predicted molar refractivity (Wildman–Crippen MR) is 82.1 cm³/mol. The number of hydrogen-bond donors (Lipinski definition) is 1. The monoisotopic (exact) mass is 275 g/mol. The number of nitrogens with one attached hydrogen (secondary N) is 1. The van der Waals surface area contributed by atoms with E-state index >= 15 is 0 Å². The van der Waals surface area contributed by atoms with Crippen LogP contribution in [0.4, 0.5) is 5.82 Å². The Balaban J connectivity index is 2.11. The van der Waals surface area contributed by atoms with Crippen LogP contribution in [-0.4, -0.2) is 16.0 Å². The van der Waals surface area contributed by atoms with E-state index < -0.39 is 0 Å². The van der Waals surface area contributed by atoms with Crippen LogP contribution in [0.25, 0.3) is 10.2 Å². The number of hydrogen-bond acceptors (Lipinski definition) is 4. The number of anilines is 1. The molecule has 1 aliphatic carbocycles. The molecule has 0 radical (unpaired) electrons. The smallest absolute Gasteiger partial charge is 0.139 e. The zero-order valence-electron chi connectivity index (χ0n) is 12.1. The number of nitrogens with zero attached hydrogens (tertiary/aromatic N) is 2. The highest BCUT2D eigenvalue weighted by atomic mass is 32.1. The fraction of sp³-hybridized carbons (Fsp3) is 0.600. The second-order valence-electron chi connectivity index (χ2n) is 5.83. The van der Waals surface area contributed by atoms with Crippen LogP contribution in [0.2, 0.25) is 0 Å². The van der Waals surface area contributed by atoms with Crippen LogP contribution >= 0.6 is 11.3 Å². The van der Waals surface area contributed by atoms with Crippen LogP contribution in [0.3, 0.4) is 0 Å². The molecule has 2 heterocycles. The Morgan fingerprint density at radius 3 is 2.68 bits per heavy atom. The molecule has 0 saturated carbocycles. The lowest BCUT2D eigenvalue weighted by atomic mass is 10.1. The van der Waals surface area contributed by atoms with Gasteiger partial charge in [0.2, 0.25) is 0 Å². The van der Waals surface area contributed by atoms with Gasteiger partial charge in [0.05, 0.1) is 5.39 Å². The van der Waals surface area contributed by atoms with Crippen molar-refractivity contribution >= 4 is 27.4 Å². The highest BCUT2D eigenvalue weighted by Gasteiger charge is 2.22. The van der Waals surface area contributed by atoms with Gasteiger partial charge in [0.1, 0.15) is 16.5 Å². The van der Waals surface area contributed by atoms with Crippen molar-refractivity contribution in [2.75, 3.05) is 5.32 Å². The summed E-state index contributed by atoms with van der Waals surface area (Å²) in [7, 11) is 0. The molecule has 102 valence electrons. The van der Waals surface area contributed by atoms with Crippen molar-refractivity contribution in [3.63, 3.8) is 0 Å². The number of fused-ring (bicyclic) bond motifs is 3. The summed E-state index contributed by atoms with van der Waals surface area (Å²) in [5, 5.41) is 4.88. The Bertz CT molecular complexity index is 615. The van der Waals surface area contributed by atoms with Gasteiger partial charge in [-0.05, 0) is 44.6 Å². The summed E-state index contributed by atoms with van der Waals surface area (Å²) < 4.78 is 0. The lowest BCUT2D eigenvalue weighted by Gasteiger charge is -2.19. The molecular formula is C15H21N3S. The van der Waals surface area contributed by atoms with Gasteiger partial charge in [-0.25, -0.2) is 9.97 Å². The van der Waals surface area contributed by atoms with E-state index in [0.717, 1.165) is 16.5 Å². The molecule has 0 aliphatic heterocycles. The Hall–Kier alpha value is -1.16. The molecule has 0 fully saturated rings. The molecule has 2 aromatic rings. The first-order chi connectivity index (χ1) is 9.06. The van der Waals surface area contributed by atoms with Crippen LogP contribution in [0, 0.1) is 12.8 Å². The summed E-state index contributed by atoms with van der Waals surface area (Å²) >= 11 is 1.86. The number of rotatable bonds is 3. The minimum atomic E-state index is 0.425. The minimum Gasteiger partial charge on any atom is -0.367 e. The Morgan fingerprint density at radius 1 is 1.16 bits per heavy atom. The van der Waals surface area contributed by atoms with Gasteiger partial charge >= 0.3 is 0 Å². The average molecular weight is 275 g/mol. The Morgan fingerprint density at radius 2 is 1.95 bits per heavy atom. The van der Waals surface area contributed by atoms with Gasteiger partial charge in [-0.1, -0.05) is 13.8 Å².